The number of aromatic nitrogens is 1. The number of thiazole rings is 1. The number of rotatable bonds is 6. The van der Waals surface area contributed by atoms with Gasteiger partial charge >= 0.3 is 0 Å². The average molecular weight is 375 g/mol. The highest BCUT2D eigenvalue weighted by Crippen LogP contribution is 2.15. The van der Waals surface area contributed by atoms with Crippen LogP contribution < -0.4 is 11.1 Å². The Kier molecular flexibility index (Phi) is 6.37. The van der Waals surface area contributed by atoms with Crippen LogP contribution in [0.25, 0.3) is 0 Å². The van der Waals surface area contributed by atoms with Gasteiger partial charge in [-0.1, -0.05) is 24.3 Å². The van der Waals surface area contributed by atoms with Gasteiger partial charge in [-0.15, -0.1) is 11.3 Å². The maximum absolute atomic E-state index is 12.1. The molecule has 2 aromatic rings. The molecule has 0 saturated carbocycles. The summed E-state index contributed by atoms with van der Waals surface area (Å²) in [7, 11) is 0. The fourth-order valence-electron chi connectivity index (χ4n) is 3.22. The molecule has 0 aliphatic carbocycles. The molecule has 2 atom stereocenters. The lowest BCUT2D eigenvalue weighted by Crippen LogP contribution is -2.44. The van der Waals surface area contributed by atoms with Crippen LogP contribution in [0.3, 0.4) is 0 Å². The van der Waals surface area contributed by atoms with Crippen molar-refractivity contribution < 1.29 is 9.53 Å². The van der Waals surface area contributed by atoms with E-state index >= 15 is 0 Å². The van der Waals surface area contributed by atoms with E-state index in [0.29, 0.717) is 18.8 Å². The molecule has 1 aromatic heterocycles. The van der Waals surface area contributed by atoms with Crippen molar-refractivity contribution in [2.24, 2.45) is 5.73 Å². The van der Waals surface area contributed by atoms with Crippen molar-refractivity contribution in [3.8, 4) is 0 Å². The lowest BCUT2D eigenvalue weighted by Gasteiger charge is -2.35. The van der Waals surface area contributed by atoms with E-state index in [2.05, 4.69) is 53.3 Å². The van der Waals surface area contributed by atoms with Crippen LogP contribution in [0.15, 0.2) is 29.6 Å². The topological polar surface area (TPSA) is 80.5 Å². The largest absolute Gasteiger partial charge is 0.373 e. The normalized spacial score (nSPS) is 20.9. The minimum Gasteiger partial charge on any atom is -0.373 e. The SMILES string of the molecule is CC1CN(Cc2ccc(CNC(=O)c3csc(CN)n3)cc2)CC(C)O1. The highest BCUT2D eigenvalue weighted by atomic mass is 32.1. The summed E-state index contributed by atoms with van der Waals surface area (Å²) in [5.41, 5.74) is 8.30. The Morgan fingerprint density at radius 3 is 2.54 bits per heavy atom. The molecule has 140 valence electrons. The van der Waals surface area contributed by atoms with E-state index in [4.69, 9.17) is 10.5 Å². The number of ether oxygens (including phenoxy) is 1. The summed E-state index contributed by atoms with van der Waals surface area (Å²) in [6.45, 7) is 7.92. The van der Waals surface area contributed by atoms with Crippen molar-refractivity contribution in [2.45, 2.75) is 45.7 Å². The van der Waals surface area contributed by atoms with Crippen molar-refractivity contribution in [3.63, 3.8) is 0 Å². The Morgan fingerprint density at radius 1 is 1.27 bits per heavy atom. The van der Waals surface area contributed by atoms with Crippen molar-refractivity contribution in [1.82, 2.24) is 15.2 Å². The molecule has 1 saturated heterocycles. The van der Waals surface area contributed by atoms with Gasteiger partial charge in [0.15, 0.2) is 0 Å². The van der Waals surface area contributed by atoms with Crippen molar-refractivity contribution >= 4 is 17.2 Å². The maximum Gasteiger partial charge on any atom is 0.271 e. The van der Waals surface area contributed by atoms with Gasteiger partial charge in [-0.25, -0.2) is 4.98 Å². The number of hydrogen-bond donors (Lipinski definition) is 2. The van der Waals surface area contributed by atoms with Gasteiger partial charge < -0.3 is 15.8 Å². The molecule has 0 spiro atoms. The molecule has 7 heteroatoms. The lowest BCUT2D eigenvalue weighted by atomic mass is 10.1. The van der Waals surface area contributed by atoms with Crippen LogP contribution >= 0.6 is 11.3 Å². The molecular weight excluding hydrogens is 348 g/mol. The fraction of sp³-hybridized carbons (Fsp3) is 0.474. The van der Waals surface area contributed by atoms with Crippen LogP contribution in [0, 0.1) is 0 Å². The van der Waals surface area contributed by atoms with E-state index in [1.807, 2.05) is 0 Å². The third kappa shape index (κ3) is 5.11. The van der Waals surface area contributed by atoms with Gasteiger partial charge in [0, 0.05) is 38.1 Å². The zero-order valence-corrected chi connectivity index (χ0v) is 16.1. The van der Waals surface area contributed by atoms with Crippen molar-refractivity contribution in [3.05, 3.63) is 51.5 Å². The summed E-state index contributed by atoms with van der Waals surface area (Å²) in [5, 5.41) is 5.41. The second kappa shape index (κ2) is 8.73. The maximum atomic E-state index is 12.1. The van der Waals surface area contributed by atoms with Crippen LogP contribution in [0.1, 0.15) is 40.5 Å². The molecule has 3 N–H and O–H groups in total. The molecule has 1 fully saturated rings. The summed E-state index contributed by atoms with van der Waals surface area (Å²) in [6.07, 6.45) is 0.553. The predicted molar refractivity (Wildman–Crippen MR) is 103 cm³/mol. The predicted octanol–water partition coefficient (Wildman–Crippen LogP) is 2.14. The van der Waals surface area contributed by atoms with Crippen LogP contribution in [0.5, 0.6) is 0 Å². The first-order chi connectivity index (χ1) is 12.5. The first-order valence-electron chi connectivity index (χ1n) is 8.91. The molecule has 26 heavy (non-hydrogen) atoms. The molecule has 1 amide bonds. The molecule has 2 heterocycles. The van der Waals surface area contributed by atoms with Gasteiger partial charge in [0.05, 0.1) is 12.2 Å². The smallest absolute Gasteiger partial charge is 0.271 e. The average Bonchev–Trinajstić information content (AvgIpc) is 3.09. The van der Waals surface area contributed by atoms with E-state index in [1.165, 1.54) is 16.9 Å². The summed E-state index contributed by atoms with van der Waals surface area (Å²) in [5.74, 6) is -0.165. The summed E-state index contributed by atoms with van der Waals surface area (Å²) >= 11 is 1.41. The fourth-order valence-corrected chi connectivity index (χ4v) is 3.87. The molecule has 0 bridgehead atoms. The summed E-state index contributed by atoms with van der Waals surface area (Å²) in [6, 6.07) is 8.38. The molecule has 1 aliphatic rings. The Labute approximate surface area is 158 Å². The molecule has 6 nitrogen and oxygen atoms in total. The lowest BCUT2D eigenvalue weighted by molar-refractivity contribution is -0.0704. The molecule has 2 unspecified atom stereocenters. The molecular formula is C19H26N4O2S. The quantitative estimate of drug-likeness (QED) is 0.810. The number of nitrogens with one attached hydrogen (secondary N) is 1. The molecule has 3 rings (SSSR count). The van der Waals surface area contributed by atoms with Gasteiger partial charge in [-0.05, 0) is 25.0 Å². The Morgan fingerprint density at radius 2 is 1.92 bits per heavy atom. The van der Waals surface area contributed by atoms with Crippen LogP contribution in [-0.2, 0) is 24.4 Å². The van der Waals surface area contributed by atoms with Crippen LogP contribution in [-0.4, -0.2) is 41.1 Å². The summed E-state index contributed by atoms with van der Waals surface area (Å²) in [4.78, 5) is 18.7. The molecule has 1 aliphatic heterocycles. The van der Waals surface area contributed by atoms with E-state index in [0.717, 1.165) is 30.2 Å². The molecule has 0 radical (unpaired) electrons. The van der Waals surface area contributed by atoms with Crippen LogP contribution in [0.4, 0.5) is 0 Å². The number of amides is 1. The Hall–Kier alpha value is -1.80. The third-order valence-corrected chi connectivity index (χ3v) is 5.21. The number of hydrogen-bond acceptors (Lipinski definition) is 6. The monoisotopic (exact) mass is 374 g/mol. The highest BCUT2D eigenvalue weighted by molar-refractivity contribution is 7.09. The minimum absolute atomic E-state index is 0.165. The molecule has 1 aromatic carbocycles. The number of carbonyl (C=O) groups is 1. The third-order valence-electron chi connectivity index (χ3n) is 4.34. The number of benzene rings is 1. The van der Waals surface area contributed by atoms with Gasteiger partial charge in [0.25, 0.3) is 5.91 Å². The summed E-state index contributed by atoms with van der Waals surface area (Å²) < 4.78 is 5.78. The van der Waals surface area contributed by atoms with E-state index in [9.17, 15) is 4.79 Å². The standard InChI is InChI=1S/C19H26N4O2S/c1-13-9-23(10-14(2)25-13)11-16-5-3-15(4-6-16)8-21-19(24)17-12-26-18(7-20)22-17/h3-6,12-14H,7-11,20H2,1-2H3,(H,21,24). The first-order valence-corrected chi connectivity index (χ1v) is 9.79. The van der Waals surface area contributed by atoms with Gasteiger partial charge in [0.1, 0.15) is 10.7 Å². The number of nitrogens with zero attached hydrogens (tertiary/aromatic N) is 2. The second-order valence-electron chi connectivity index (χ2n) is 6.78. The van der Waals surface area contributed by atoms with Gasteiger partial charge in [0.2, 0.25) is 0 Å². The highest BCUT2D eigenvalue weighted by Gasteiger charge is 2.21. The van der Waals surface area contributed by atoms with E-state index < -0.39 is 0 Å². The van der Waals surface area contributed by atoms with Crippen molar-refractivity contribution in [1.29, 1.82) is 0 Å². The number of nitrogens with two attached hydrogens (primary N) is 1. The van der Waals surface area contributed by atoms with Crippen molar-refractivity contribution in [2.75, 3.05) is 13.1 Å². The van der Waals surface area contributed by atoms with Crippen LogP contribution in [0.2, 0.25) is 0 Å². The van der Waals surface area contributed by atoms with E-state index in [1.54, 1.807) is 5.38 Å². The van der Waals surface area contributed by atoms with E-state index in [-0.39, 0.29) is 18.1 Å². The Balaban J connectivity index is 1.50. The van der Waals surface area contributed by atoms with Gasteiger partial charge in [-0.3, -0.25) is 9.69 Å². The Bertz CT molecular complexity index is 721. The van der Waals surface area contributed by atoms with Gasteiger partial charge in [-0.2, -0.15) is 0 Å². The second-order valence-corrected chi connectivity index (χ2v) is 7.72. The zero-order chi connectivity index (χ0) is 18.5. The first kappa shape index (κ1) is 19.0. The minimum atomic E-state index is -0.165. The number of morpholine rings is 1. The zero-order valence-electron chi connectivity index (χ0n) is 15.3. The number of carbonyl (C=O) groups excluding carboxylic acids is 1.